The van der Waals surface area contributed by atoms with Crippen molar-refractivity contribution in [2.24, 2.45) is 0 Å². The van der Waals surface area contributed by atoms with Gasteiger partial charge in [-0.05, 0) is 37.6 Å². The first kappa shape index (κ1) is 11.8. The Balaban J connectivity index is 2.76. The van der Waals surface area contributed by atoms with Gasteiger partial charge < -0.3 is 0 Å². The highest BCUT2D eigenvalue weighted by molar-refractivity contribution is 6.31. The maximum absolute atomic E-state index is 11.7. The highest BCUT2D eigenvalue weighted by Gasteiger charge is 2.06. The third-order valence-electron chi connectivity index (χ3n) is 2.02. The lowest BCUT2D eigenvalue weighted by Gasteiger charge is -2.01. The van der Waals surface area contributed by atoms with E-state index in [1.54, 1.807) is 13.0 Å². The second-order valence-corrected chi connectivity index (χ2v) is 3.80. The van der Waals surface area contributed by atoms with Crippen LogP contribution in [0.2, 0.25) is 5.02 Å². The van der Waals surface area contributed by atoms with E-state index in [4.69, 9.17) is 11.6 Å². The minimum atomic E-state index is 0.100. The molecule has 2 heteroatoms. The molecule has 0 aliphatic heterocycles. The molecular formula is C13H13ClO. The Hall–Kier alpha value is -1.26. The third kappa shape index (κ3) is 3.77. The molecule has 0 spiro atoms. The summed E-state index contributed by atoms with van der Waals surface area (Å²) in [5.74, 6) is 5.74. The lowest BCUT2D eigenvalue weighted by Crippen LogP contribution is -1.98. The zero-order valence-electron chi connectivity index (χ0n) is 8.93. The van der Waals surface area contributed by atoms with E-state index in [0.29, 0.717) is 23.4 Å². The summed E-state index contributed by atoms with van der Waals surface area (Å²) in [6, 6.07) is 5.40. The first-order valence-corrected chi connectivity index (χ1v) is 5.21. The van der Waals surface area contributed by atoms with E-state index < -0.39 is 0 Å². The zero-order valence-corrected chi connectivity index (χ0v) is 9.69. The van der Waals surface area contributed by atoms with Gasteiger partial charge in [0.05, 0.1) is 0 Å². The van der Waals surface area contributed by atoms with E-state index in [1.807, 2.05) is 19.1 Å². The Kier molecular flexibility index (Phi) is 4.39. The normalized spacial score (nSPS) is 9.27. The van der Waals surface area contributed by atoms with Gasteiger partial charge in [0.15, 0.2) is 5.78 Å². The molecular weight excluding hydrogens is 208 g/mol. The molecule has 0 amide bonds. The predicted octanol–water partition coefficient (Wildman–Crippen LogP) is 3.63. The maximum Gasteiger partial charge on any atom is 0.163 e. The minimum Gasteiger partial charge on any atom is -0.294 e. The number of rotatable bonds is 3. The third-order valence-corrected chi connectivity index (χ3v) is 2.24. The summed E-state index contributed by atoms with van der Waals surface area (Å²) in [6.07, 6.45) is 1.07. The van der Waals surface area contributed by atoms with Gasteiger partial charge in [-0.3, -0.25) is 4.79 Å². The van der Waals surface area contributed by atoms with Crippen molar-refractivity contribution < 1.29 is 4.79 Å². The highest BCUT2D eigenvalue weighted by atomic mass is 35.5. The number of carbonyl (C=O) groups excluding carboxylic acids is 1. The quantitative estimate of drug-likeness (QED) is 0.562. The molecule has 1 nitrogen and oxygen atoms in total. The molecule has 78 valence electrons. The van der Waals surface area contributed by atoms with Crippen LogP contribution in [0.3, 0.4) is 0 Å². The molecule has 0 saturated carbocycles. The average Bonchev–Trinajstić information content (AvgIpc) is 2.16. The topological polar surface area (TPSA) is 17.1 Å². The summed E-state index contributed by atoms with van der Waals surface area (Å²) in [5, 5.41) is 0.611. The van der Waals surface area contributed by atoms with Crippen LogP contribution >= 0.6 is 11.6 Å². The van der Waals surface area contributed by atoms with Gasteiger partial charge in [-0.1, -0.05) is 11.6 Å². The average molecular weight is 221 g/mol. The predicted molar refractivity (Wildman–Crippen MR) is 63.2 cm³/mol. The second kappa shape index (κ2) is 5.58. The van der Waals surface area contributed by atoms with Crippen molar-refractivity contribution in [1.82, 2.24) is 0 Å². The summed E-state index contributed by atoms with van der Waals surface area (Å²) in [6.45, 7) is 3.70. The summed E-state index contributed by atoms with van der Waals surface area (Å²) in [5.41, 5.74) is 1.69. The van der Waals surface area contributed by atoms with Crippen molar-refractivity contribution in [3.63, 3.8) is 0 Å². The molecule has 0 aliphatic rings. The van der Waals surface area contributed by atoms with E-state index in [-0.39, 0.29) is 5.78 Å². The number of hydrogen-bond acceptors (Lipinski definition) is 1. The standard InChI is InChI=1S/C13H13ClO/c1-3-4-5-6-13(15)11-7-10(2)8-12(14)9-11/h7-9H,5-6H2,1-2H3. The molecule has 0 atom stereocenters. The SMILES string of the molecule is CC#CCCC(=O)c1cc(C)cc(Cl)c1. The van der Waals surface area contributed by atoms with Gasteiger partial charge in [0.25, 0.3) is 0 Å². The highest BCUT2D eigenvalue weighted by Crippen LogP contribution is 2.16. The number of benzene rings is 1. The number of carbonyl (C=O) groups is 1. The molecule has 0 aliphatic carbocycles. The molecule has 0 heterocycles. The molecule has 1 aromatic carbocycles. The number of hydrogen-bond donors (Lipinski definition) is 0. The zero-order chi connectivity index (χ0) is 11.3. The van der Waals surface area contributed by atoms with Gasteiger partial charge in [0, 0.05) is 23.4 Å². The number of halogens is 1. The first-order valence-electron chi connectivity index (χ1n) is 4.83. The Bertz CT molecular complexity index is 404. The van der Waals surface area contributed by atoms with Crippen molar-refractivity contribution in [2.75, 3.05) is 0 Å². The lowest BCUT2D eigenvalue weighted by molar-refractivity contribution is 0.0984. The van der Waals surface area contributed by atoms with Crippen molar-refractivity contribution in [1.29, 1.82) is 0 Å². The van der Waals surface area contributed by atoms with E-state index >= 15 is 0 Å². The van der Waals surface area contributed by atoms with Crippen LogP contribution in [0.1, 0.15) is 35.7 Å². The van der Waals surface area contributed by atoms with E-state index in [9.17, 15) is 4.79 Å². The van der Waals surface area contributed by atoms with Gasteiger partial charge in [-0.15, -0.1) is 11.8 Å². The minimum absolute atomic E-state index is 0.100. The Morgan fingerprint density at radius 3 is 2.73 bits per heavy atom. The smallest absolute Gasteiger partial charge is 0.163 e. The number of ketones is 1. The molecule has 0 saturated heterocycles. The second-order valence-electron chi connectivity index (χ2n) is 3.37. The molecule has 0 N–H and O–H groups in total. The van der Waals surface area contributed by atoms with Crippen LogP contribution in [-0.2, 0) is 0 Å². The van der Waals surface area contributed by atoms with Crippen LogP contribution in [0, 0.1) is 18.8 Å². The van der Waals surface area contributed by atoms with Gasteiger partial charge in [0.1, 0.15) is 0 Å². The van der Waals surface area contributed by atoms with Crippen molar-refractivity contribution >= 4 is 17.4 Å². The maximum atomic E-state index is 11.7. The molecule has 0 unspecified atom stereocenters. The number of aryl methyl sites for hydroxylation is 1. The lowest BCUT2D eigenvalue weighted by atomic mass is 10.0. The van der Waals surface area contributed by atoms with Gasteiger partial charge >= 0.3 is 0 Å². The van der Waals surface area contributed by atoms with Gasteiger partial charge in [-0.2, -0.15) is 0 Å². The molecule has 0 bridgehead atoms. The summed E-state index contributed by atoms with van der Waals surface area (Å²) >= 11 is 5.88. The molecule has 1 rings (SSSR count). The number of Topliss-reactive ketones (excluding diaryl/α,β-unsaturated/α-hetero) is 1. The van der Waals surface area contributed by atoms with Crippen molar-refractivity contribution in [3.8, 4) is 11.8 Å². The summed E-state index contributed by atoms with van der Waals surface area (Å²) in [4.78, 5) is 11.7. The fourth-order valence-electron chi connectivity index (χ4n) is 1.34. The van der Waals surface area contributed by atoms with Crippen LogP contribution < -0.4 is 0 Å². The van der Waals surface area contributed by atoms with E-state index in [1.165, 1.54) is 0 Å². The fraction of sp³-hybridized carbons (Fsp3) is 0.308. The summed E-state index contributed by atoms with van der Waals surface area (Å²) < 4.78 is 0. The fourth-order valence-corrected chi connectivity index (χ4v) is 1.63. The van der Waals surface area contributed by atoms with Crippen LogP contribution in [-0.4, -0.2) is 5.78 Å². The van der Waals surface area contributed by atoms with Gasteiger partial charge in [-0.25, -0.2) is 0 Å². The molecule has 0 fully saturated rings. The molecule has 15 heavy (non-hydrogen) atoms. The van der Waals surface area contributed by atoms with Crippen molar-refractivity contribution in [3.05, 3.63) is 34.3 Å². The van der Waals surface area contributed by atoms with Crippen LogP contribution in [0.5, 0.6) is 0 Å². The Morgan fingerprint density at radius 2 is 2.13 bits per heavy atom. The van der Waals surface area contributed by atoms with Gasteiger partial charge in [0.2, 0.25) is 0 Å². The van der Waals surface area contributed by atoms with Crippen LogP contribution in [0.15, 0.2) is 18.2 Å². The van der Waals surface area contributed by atoms with Crippen LogP contribution in [0.25, 0.3) is 0 Å². The summed E-state index contributed by atoms with van der Waals surface area (Å²) in [7, 11) is 0. The monoisotopic (exact) mass is 220 g/mol. The first-order chi connectivity index (χ1) is 7.13. The Labute approximate surface area is 95.5 Å². The molecule has 1 aromatic rings. The van der Waals surface area contributed by atoms with E-state index in [2.05, 4.69) is 11.8 Å². The molecule has 0 radical (unpaired) electrons. The van der Waals surface area contributed by atoms with Crippen molar-refractivity contribution in [2.45, 2.75) is 26.7 Å². The Morgan fingerprint density at radius 1 is 1.40 bits per heavy atom. The van der Waals surface area contributed by atoms with E-state index in [0.717, 1.165) is 5.56 Å². The molecule has 0 aromatic heterocycles. The van der Waals surface area contributed by atoms with Crippen LogP contribution in [0.4, 0.5) is 0 Å². The largest absolute Gasteiger partial charge is 0.294 e.